The van der Waals surface area contributed by atoms with Crippen molar-refractivity contribution in [2.75, 3.05) is 38.2 Å². The van der Waals surface area contributed by atoms with Crippen LogP contribution < -0.4 is 9.64 Å². The van der Waals surface area contributed by atoms with Gasteiger partial charge in [-0.15, -0.1) is 0 Å². The number of anilines is 1. The zero-order valence-corrected chi connectivity index (χ0v) is 13.4. The third-order valence-electron chi connectivity index (χ3n) is 4.50. The lowest BCUT2D eigenvalue weighted by Crippen LogP contribution is -2.54. The molecule has 0 saturated carbocycles. The number of amides is 1. The Kier molecular flexibility index (Phi) is 3.41. The number of aromatic nitrogens is 1. The van der Waals surface area contributed by atoms with Gasteiger partial charge in [0.15, 0.2) is 5.13 Å². The van der Waals surface area contributed by atoms with Crippen LogP contribution in [0.3, 0.4) is 0 Å². The second-order valence-corrected chi connectivity index (χ2v) is 6.97. The van der Waals surface area contributed by atoms with Gasteiger partial charge in [-0.2, -0.15) is 0 Å². The highest BCUT2D eigenvalue weighted by molar-refractivity contribution is 7.22. The van der Waals surface area contributed by atoms with E-state index in [-0.39, 0.29) is 5.92 Å². The van der Waals surface area contributed by atoms with Crippen LogP contribution in [0.15, 0.2) is 18.2 Å². The molecule has 0 aliphatic carbocycles. The topological polar surface area (TPSA) is 45.7 Å². The molecule has 4 rings (SSSR count). The van der Waals surface area contributed by atoms with Gasteiger partial charge in [0.05, 0.1) is 23.2 Å². The fraction of sp³-hybridized carbons (Fsp3) is 0.500. The Bertz CT molecular complexity index is 702. The van der Waals surface area contributed by atoms with Gasteiger partial charge >= 0.3 is 0 Å². The SMILES string of the molecule is COc1ccc2nc(N3CC(C(=O)N4CCCC4)C3)sc2c1. The van der Waals surface area contributed by atoms with Crippen molar-refractivity contribution >= 4 is 32.6 Å². The standard InChI is InChI=1S/C16H19N3O2S/c1-21-12-4-5-13-14(8-12)22-16(17-13)19-9-11(10-19)15(20)18-6-2-3-7-18/h4-5,8,11H,2-3,6-7,9-10H2,1H3. The predicted molar refractivity (Wildman–Crippen MR) is 87.7 cm³/mol. The molecule has 0 spiro atoms. The summed E-state index contributed by atoms with van der Waals surface area (Å²) in [6.07, 6.45) is 2.31. The first-order valence-electron chi connectivity index (χ1n) is 7.73. The number of nitrogens with zero attached hydrogens (tertiary/aromatic N) is 3. The van der Waals surface area contributed by atoms with E-state index in [1.807, 2.05) is 23.1 Å². The summed E-state index contributed by atoms with van der Waals surface area (Å²) in [4.78, 5) is 21.2. The second kappa shape index (κ2) is 5.43. The van der Waals surface area contributed by atoms with Crippen molar-refractivity contribution in [1.29, 1.82) is 0 Å². The van der Waals surface area contributed by atoms with Crippen LogP contribution in [0.5, 0.6) is 5.75 Å². The van der Waals surface area contributed by atoms with Gasteiger partial charge in [0.25, 0.3) is 0 Å². The molecule has 0 unspecified atom stereocenters. The van der Waals surface area contributed by atoms with Gasteiger partial charge < -0.3 is 14.5 Å². The number of methoxy groups -OCH3 is 1. The summed E-state index contributed by atoms with van der Waals surface area (Å²) in [5.74, 6) is 1.34. The smallest absolute Gasteiger partial charge is 0.229 e. The number of thiazole rings is 1. The molecule has 116 valence electrons. The van der Waals surface area contributed by atoms with E-state index in [2.05, 4.69) is 9.88 Å². The second-order valence-electron chi connectivity index (χ2n) is 5.96. The first-order valence-corrected chi connectivity index (χ1v) is 8.54. The van der Waals surface area contributed by atoms with Crippen LogP contribution in [-0.2, 0) is 4.79 Å². The van der Waals surface area contributed by atoms with Gasteiger partial charge in [-0.25, -0.2) is 4.98 Å². The number of rotatable bonds is 3. The summed E-state index contributed by atoms with van der Waals surface area (Å²) in [5, 5.41) is 1.01. The quantitative estimate of drug-likeness (QED) is 0.872. The summed E-state index contributed by atoms with van der Waals surface area (Å²) in [6.45, 7) is 3.48. The van der Waals surface area contributed by atoms with Gasteiger partial charge in [0.2, 0.25) is 5.91 Å². The maximum absolute atomic E-state index is 12.3. The van der Waals surface area contributed by atoms with Crippen molar-refractivity contribution in [3.8, 4) is 5.75 Å². The van der Waals surface area contributed by atoms with Gasteiger partial charge in [-0.05, 0) is 31.0 Å². The molecule has 6 heteroatoms. The Hall–Kier alpha value is -1.82. The van der Waals surface area contributed by atoms with Crippen molar-refractivity contribution < 1.29 is 9.53 Å². The maximum Gasteiger partial charge on any atom is 0.229 e. The van der Waals surface area contributed by atoms with E-state index in [9.17, 15) is 4.79 Å². The number of benzene rings is 1. The van der Waals surface area contributed by atoms with Crippen LogP contribution in [-0.4, -0.2) is 49.1 Å². The number of fused-ring (bicyclic) bond motifs is 1. The molecular formula is C16H19N3O2S. The molecule has 5 nitrogen and oxygen atoms in total. The average molecular weight is 317 g/mol. The molecule has 2 aliphatic rings. The van der Waals surface area contributed by atoms with Gasteiger partial charge in [-0.3, -0.25) is 4.79 Å². The number of carbonyl (C=O) groups excluding carboxylic acids is 1. The van der Waals surface area contributed by atoms with Crippen LogP contribution in [0.4, 0.5) is 5.13 Å². The van der Waals surface area contributed by atoms with Crippen LogP contribution in [0, 0.1) is 5.92 Å². The molecular weight excluding hydrogens is 298 g/mol. The van der Waals surface area contributed by atoms with E-state index in [0.717, 1.165) is 60.1 Å². The van der Waals surface area contributed by atoms with Gasteiger partial charge in [0.1, 0.15) is 5.75 Å². The minimum atomic E-state index is 0.152. The predicted octanol–water partition coefficient (Wildman–Crippen LogP) is 2.36. The third kappa shape index (κ3) is 2.31. The van der Waals surface area contributed by atoms with E-state index in [1.54, 1.807) is 18.4 Å². The fourth-order valence-corrected chi connectivity index (χ4v) is 4.15. The lowest BCUT2D eigenvalue weighted by atomic mass is 9.99. The zero-order valence-electron chi connectivity index (χ0n) is 12.6. The van der Waals surface area contributed by atoms with Crippen molar-refractivity contribution in [3.63, 3.8) is 0 Å². The monoisotopic (exact) mass is 317 g/mol. The molecule has 2 saturated heterocycles. The number of hydrogen-bond donors (Lipinski definition) is 0. The van der Waals surface area contributed by atoms with Crippen LogP contribution >= 0.6 is 11.3 Å². The maximum atomic E-state index is 12.3. The lowest BCUT2D eigenvalue weighted by molar-refractivity contribution is -0.135. The van der Waals surface area contributed by atoms with Crippen LogP contribution in [0.2, 0.25) is 0 Å². The first kappa shape index (κ1) is 13.8. The van der Waals surface area contributed by atoms with Crippen molar-refractivity contribution in [3.05, 3.63) is 18.2 Å². The highest BCUT2D eigenvalue weighted by atomic mass is 32.1. The summed E-state index contributed by atoms with van der Waals surface area (Å²) >= 11 is 1.67. The van der Waals surface area contributed by atoms with E-state index in [1.165, 1.54) is 0 Å². The molecule has 1 aromatic carbocycles. The Balaban J connectivity index is 1.45. The average Bonchev–Trinajstić information content (AvgIpc) is 3.14. The minimum absolute atomic E-state index is 0.152. The molecule has 1 amide bonds. The van der Waals surface area contributed by atoms with E-state index in [0.29, 0.717) is 5.91 Å². The fourth-order valence-electron chi connectivity index (χ4n) is 3.14. The van der Waals surface area contributed by atoms with E-state index in [4.69, 9.17) is 4.74 Å². The van der Waals surface area contributed by atoms with Gasteiger partial charge in [-0.1, -0.05) is 11.3 Å². The van der Waals surface area contributed by atoms with E-state index < -0.39 is 0 Å². The molecule has 2 aromatic rings. The summed E-state index contributed by atoms with van der Waals surface area (Å²) in [5.41, 5.74) is 0.995. The number of ether oxygens (including phenoxy) is 1. The Morgan fingerprint density at radius 3 is 2.82 bits per heavy atom. The van der Waals surface area contributed by atoms with Crippen LogP contribution in [0.1, 0.15) is 12.8 Å². The number of likely N-dealkylation sites (tertiary alicyclic amines) is 1. The normalized spacial score (nSPS) is 18.8. The molecule has 0 radical (unpaired) electrons. The number of carbonyl (C=O) groups is 1. The highest BCUT2D eigenvalue weighted by Gasteiger charge is 2.37. The highest BCUT2D eigenvalue weighted by Crippen LogP contribution is 2.35. The zero-order chi connectivity index (χ0) is 15.1. The van der Waals surface area contributed by atoms with Crippen molar-refractivity contribution in [2.45, 2.75) is 12.8 Å². The lowest BCUT2D eigenvalue weighted by Gasteiger charge is -2.39. The molecule has 1 aromatic heterocycles. The Morgan fingerprint density at radius 1 is 1.32 bits per heavy atom. The Morgan fingerprint density at radius 2 is 2.09 bits per heavy atom. The molecule has 3 heterocycles. The summed E-state index contributed by atoms with van der Waals surface area (Å²) in [7, 11) is 1.67. The van der Waals surface area contributed by atoms with Crippen LogP contribution in [0.25, 0.3) is 10.2 Å². The van der Waals surface area contributed by atoms with E-state index >= 15 is 0 Å². The summed E-state index contributed by atoms with van der Waals surface area (Å²) in [6, 6.07) is 5.94. The molecule has 0 bridgehead atoms. The molecule has 2 aliphatic heterocycles. The molecule has 2 fully saturated rings. The van der Waals surface area contributed by atoms with Crippen molar-refractivity contribution in [2.24, 2.45) is 5.92 Å². The molecule has 22 heavy (non-hydrogen) atoms. The van der Waals surface area contributed by atoms with Gasteiger partial charge in [0, 0.05) is 26.2 Å². The third-order valence-corrected chi connectivity index (χ3v) is 5.58. The number of hydrogen-bond acceptors (Lipinski definition) is 5. The summed E-state index contributed by atoms with van der Waals surface area (Å²) < 4.78 is 6.38. The minimum Gasteiger partial charge on any atom is -0.497 e. The molecule has 0 atom stereocenters. The largest absolute Gasteiger partial charge is 0.497 e. The first-order chi connectivity index (χ1) is 10.7. The van der Waals surface area contributed by atoms with Crippen molar-refractivity contribution in [1.82, 2.24) is 9.88 Å². The Labute approximate surface area is 133 Å². The molecule has 0 N–H and O–H groups in total.